The minimum Gasteiger partial charge on any atom is -0.110 e. The lowest BCUT2D eigenvalue weighted by molar-refractivity contribution is 0.898. The maximum absolute atomic E-state index is 6.03. The molecule has 19 heavy (non-hydrogen) atoms. The van der Waals surface area contributed by atoms with Crippen LogP contribution in [0.4, 0.5) is 0 Å². The number of unbranched alkanes of at least 4 members (excludes halogenated alkanes) is 2. The Hall–Kier alpha value is 0.860. The second-order valence-corrected chi connectivity index (χ2v) is 16.2. The number of hydrogen-bond acceptors (Lipinski definition) is 3. The van der Waals surface area contributed by atoms with E-state index >= 15 is 0 Å². The summed E-state index contributed by atoms with van der Waals surface area (Å²) in [4.78, 5) is 0. The van der Waals surface area contributed by atoms with Crippen LogP contribution in [0.3, 0.4) is 0 Å². The summed E-state index contributed by atoms with van der Waals surface area (Å²) in [7, 11) is 0. The van der Waals surface area contributed by atoms with Gasteiger partial charge in [-0.05, 0) is 36.5 Å². The normalized spacial score (nSPS) is 11.7. The Morgan fingerprint density at radius 1 is 1.00 bits per heavy atom. The van der Waals surface area contributed by atoms with Crippen molar-refractivity contribution in [2.45, 2.75) is 39.5 Å². The number of rotatable bonds is 9. The van der Waals surface area contributed by atoms with E-state index in [-0.39, 0.29) is 0 Å². The van der Waals surface area contributed by atoms with Gasteiger partial charge in [0.25, 0.3) is 0 Å². The van der Waals surface area contributed by atoms with E-state index in [9.17, 15) is 0 Å². The maximum Gasteiger partial charge on any atom is 0.0849 e. The zero-order chi connectivity index (χ0) is 14.1. The van der Waals surface area contributed by atoms with Crippen LogP contribution in [0.5, 0.6) is 0 Å². The van der Waals surface area contributed by atoms with Gasteiger partial charge in [0.05, 0.1) is 4.44 Å². The van der Waals surface area contributed by atoms with Crippen molar-refractivity contribution in [3.63, 3.8) is 0 Å². The fourth-order valence-corrected chi connectivity index (χ4v) is 11.6. The Morgan fingerprint density at radius 3 is 1.89 bits per heavy atom. The maximum atomic E-state index is 6.03. The molecule has 0 unspecified atom stereocenters. The van der Waals surface area contributed by atoms with Crippen molar-refractivity contribution >= 4 is 55.9 Å². The average Bonchev–Trinajstić information content (AvgIpc) is 2.40. The van der Waals surface area contributed by atoms with Crippen LogP contribution in [0.2, 0.25) is 5.02 Å². The lowest BCUT2D eigenvalue weighted by Crippen LogP contribution is -2.00. The van der Waals surface area contributed by atoms with Crippen LogP contribution >= 0.6 is 38.8 Å². The summed E-state index contributed by atoms with van der Waals surface area (Å²) in [6.07, 6.45) is 4.99. The van der Waals surface area contributed by atoms with Crippen LogP contribution in [0.25, 0.3) is 0 Å². The molecule has 0 saturated carbocycles. The standard InChI is InChI=1S/C14H22ClPS3/c1-3-5-11-18-16(17,19-12-6-4-2)14-9-7-13(15)8-10-14/h7-10H,3-6,11-12H2,1-2H3. The number of benzene rings is 1. The van der Waals surface area contributed by atoms with Crippen LogP contribution in [0.1, 0.15) is 39.5 Å². The van der Waals surface area contributed by atoms with Gasteiger partial charge in [0, 0.05) is 10.3 Å². The van der Waals surface area contributed by atoms with Crippen molar-refractivity contribution in [2.75, 3.05) is 11.5 Å². The zero-order valence-electron chi connectivity index (χ0n) is 11.6. The smallest absolute Gasteiger partial charge is 0.0849 e. The van der Waals surface area contributed by atoms with Gasteiger partial charge in [0.15, 0.2) is 0 Å². The molecule has 1 rings (SSSR count). The van der Waals surface area contributed by atoms with Gasteiger partial charge in [-0.3, -0.25) is 0 Å². The minimum absolute atomic E-state index is 0.794. The first-order valence-corrected chi connectivity index (χ1v) is 13.1. The highest BCUT2D eigenvalue weighted by Crippen LogP contribution is 2.68. The van der Waals surface area contributed by atoms with E-state index in [0.29, 0.717) is 0 Å². The van der Waals surface area contributed by atoms with Crippen molar-refractivity contribution in [3.8, 4) is 0 Å². The van der Waals surface area contributed by atoms with Gasteiger partial charge in [-0.15, -0.1) is 22.8 Å². The second-order valence-electron chi connectivity index (χ2n) is 4.35. The SMILES string of the molecule is CCCCSP(=S)(SCCCC)c1ccc(Cl)cc1. The fourth-order valence-electron chi connectivity index (χ4n) is 1.47. The van der Waals surface area contributed by atoms with Gasteiger partial charge >= 0.3 is 0 Å². The molecular weight excluding hydrogens is 331 g/mol. The van der Waals surface area contributed by atoms with Gasteiger partial charge in [0.1, 0.15) is 0 Å². The summed E-state index contributed by atoms with van der Waals surface area (Å²) in [6, 6.07) is 8.19. The van der Waals surface area contributed by atoms with Crippen LogP contribution < -0.4 is 5.30 Å². The van der Waals surface area contributed by atoms with E-state index in [1.165, 1.54) is 42.5 Å². The predicted octanol–water partition coefficient (Wildman–Crippen LogP) is 6.34. The van der Waals surface area contributed by atoms with E-state index < -0.39 is 4.44 Å². The number of hydrogen-bond donors (Lipinski definition) is 0. The van der Waals surface area contributed by atoms with Gasteiger partial charge in [-0.25, -0.2) is 0 Å². The fraction of sp³-hybridized carbons (Fsp3) is 0.571. The van der Waals surface area contributed by atoms with Crippen molar-refractivity contribution in [1.29, 1.82) is 0 Å². The quantitative estimate of drug-likeness (QED) is 0.376. The first kappa shape index (κ1) is 17.9. The van der Waals surface area contributed by atoms with Gasteiger partial charge < -0.3 is 0 Å². The average molecular weight is 353 g/mol. The predicted molar refractivity (Wildman–Crippen MR) is 100 cm³/mol. The lowest BCUT2D eigenvalue weighted by Gasteiger charge is -2.21. The Kier molecular flexibility index (Phi) is 9.18. The van der Waals surface area contributed by atoms with E-state index in [0.717, 1.165) is 5.02 Å². The molecule has 0 aliphatic rings. The molecule has 0 fully saturated rings. The third-order valence-corrected chi connectivity index (χ3v) is 14.3. The largest absolute Gasteiger partial charge is 0.110 e. The molecule has 0 radical (unpaired) electrons. The third-order valence-electron chi connectivity index (χ3n) is 2.66. The molecule has 0 aromatic heterocycles. The molecule has 1 aromatic carbocycles. The molecule has 0 heterocycles. The summed E-state index contributed by atoms with van der Waals surface area (Å²) in [5.41, 5.74) is 0. The van der Waals surface area contributed by atoms with Crippen LogP contribution in [-0.4, -0.2) is 11.5 Å². The highest BCUT2D eigenvalue weighted by molar-refractivity contribution is 9.02. The molecule has 5 heteroatoms. The summed E-state index contributed by atoms with van der Waals surface area (Å²) in [5, 5.41) is 2.11. The Morgan fingerprint density at radius 2 is 1.47 bits per heavy atom. The molecule has 0 N–H and O–H groups in total. The topological polar surface area (TPSA) is 0 Å². The van der Waals surface area contributed by atoms with E-state index in [1.54, 1.807) is 0 Å². The van der Waals surface area contributed by atoms with E-state index in [2.05, 4.69) is 26.0 Å². The highest BCUT2D eigenvalue weighted by atomic mass is 35.5. The molecule has 0 amide bonds. The summed E-state index contributed by atoms with van der Waals surface area (Å²) in [6.45, 7) is 4.47. The summed E-state index contributed by atoms with van der Waals surface area (Å²) >= 11 is 16.0. The first-order valence-electron chi connectivity index (χ1n) is 6.77. The lowest BCUT2D eigenvalue weighted by atomic mass is 10.4. The van der Waals surface area contributed by atoms with E-state index in [4.69, 9.17) is 23.4 Å². The minimum atomic E-state index is -1.54. The highest BCUT2D eigenvalue weighted by Gasteiger charge is 2.20. The molecule has 0 bridgehead atoms. The van der Waals surface area contributed by atoms with Crippen LogP contribution in [0.15, 0.2) is 24.3 Å². The molecule has 0 spiro atoms. The van der Waals surface area contributed by atoms with Crippen LogP contribution in [-0.2, 0) is 11.8 Å². The van der Waals surface area contributed by atoms with Crippen molar-refractivity contribution in [3.05, 3.63) is 29.3 Å². The second kappa shape index (κ2) is 9.73. The third kappa shape index (κ3) is 6.44. The van der Waals surface area contributed by atoms with Crippen molar-refractivity contribution < 1.29 is 0 Å². The van der Waals surface area contributed by atoms with Gasteiger partial charge in [-0.2, -0.15) is 0 Å². The molecule has 0 aliphatic heterocycles. The molecular formula is C14H22ClPS3. The van der Waals surface area contributed by atoms with E-state index in [1.807, 2.05) is 34.9 Å². The van der Waals surface area contributed by atoms with Gasteiger partial charge in [0.2, 0.25) is 0 Å². The zero-order valence-corrected chi connectivity index (χ0v) is 15.7. The molecule has 108 valence electrons. The molecule has 0 nitrogen and oxygen atoms in total. The molecule has 0 atom stereocenters. The van der Waals surface area contributed by atoms with Crippen molar-refractivity contribution in [2.24, 2.45) is 0 Å². The Bertz CT molecular complexity index is 392. The Labute approximate surface area is 136 Å². The summed E-state index contributed by atoms with van der Waals surface area (Å²) in [5.74, 6) is 2.35. The van der Waals surface area contributed by atoms with Crippen molar-refractivity contribution in [1.82, 2.24) is 0 Å². The van der Waals surface area contributed by atoms with Crippen LogP contribution in [0, 0.1) is 0 Å². The van der Waals surface area contributed by atoms with Gasteiger partial charge in [-0.1, -0.05) is 62.2 Å². The molecule has 1 aromatic rings. The monoisotopic (exact) mass is 352 g/mol. The summed E-state index contributed by atoms with van der Waals surface area (Å²) < 4.78 is -1.54. The Balaban J connectivity index is 2.77. The molecule has 0 saturated heterocycles. The molecule has 0 aliphatic carbocycles. The number of halogens is 1. The first-order chi connectivity index (χ1) is 9.12.